The van der Waals surface area contributed by atoms with E-state index in [0.29, 0.717) is 12.8 Å². The Labute approximate surface area is 420 Å². The molecule has 0 radical (unpaired) electrons. The van der Waals surface area contributed by atoms with Gasteiger partial charge in [-0.2, -0.15) is 0 Å². The van der Waals surface area contributed by atoms with E-state index in [1.807, 2.05) is 0 Å². The molecule has 400 valence electrons. The molecule has 0 aromatic carbocycles. The first-order chi connectivity index (χ1) is 33.1. The molecule has 0 aliphatic heterocycles. The van der Waals surface area contributed by atoms with Crippen molar-refractivity contribution in [2.45, 2.75) is 372 Å². The predicted octanol–water partition coefficient (Wildman–Crippen LogP) is 19.5. The molecular formula is C62H123NO4. The summed E-state index contributed by atoms with van der Waals surface area (Å²) in [5.41, 5.74) is 0. The molecule has 1 amide bonds. The number of nitrogens with one attached hydrogen (secondary N) is 1. The number of amides is 1. The standard InChI is InChI=1S/C62H123NO4/c1-3-5-7-9-11-13-15-17-19-21-23-25-27-28-29-30-31-32-33-34-35-37-39-41-43-45-47-49-51-53-55-57-61(66)63-59(58-64)62(67)60(65)56-54-52-50-48-46-44-42-40-38-36-26-24-22-20-18-16-14-12-10-8-6-4-2/h48,50,59-60,62,64-65,67H,3-47,49,51-58H2,1-2H3,(H,63,66)/b50-48+. The van der Waals surface area contributed by atoms with Gasteiger partial charge < -0.3 is 20.6 Å². The lowest BCUT2D eigenvalue weighted by Gasteiger charge is -2.26. The van der Waals surface area contributed by atoms with Gasteiger partial charge in [0, 0.05) is 6.42 Å². The Hall–Kier alpha value is -0.910. The van der Waals surface area contributed by atoms with Gasteiger partial charge in [-0.15, -0.1) is 0 Å². The van der Waals surface area contributed by atoms with Gasteiger partial charge in [-0.05, 0) is 38.5 Å². The molecule has 3 unspecified atom stereocenters. The Morgan fingerprint density at radius 3 is 0.866 bits per heavy atom. The second-order valence-electron chi connectivity index (χ2n) is 21.6. The molecule has 5 nitrogen and oxygen atoms in total. The maximum absolute atomic E-state index is 12.5. The molecule has 0 spiro atoms. The number of unbranched alkanes of at least 4 members (excludes halogenated alkanes) is 48. The second-order valence-corrected chi connectivity index (χ2v) is 21.6. The predicted molar refractivity (Wildman–Crippen MR) is 296 cm³/mol. The molecule has 0 aromatic heterocycles. The lowest BCUT2D eigenvalue weighted by atomic mass is 10.0. The first-order valence-corrected chi connectivity index (χ1v) is 31.0. The Balaban J connectivity index is 3.49. The fourth-order valence-electron chi connectivity index (χ4n) is 10.1. The van der Waals surface area contributed by atoms with E-state index in [4.69, 9.17) is 0 Å². The first kappa shape index (κ1) is 66.1. The lowest BCUT2D eigenvalue weighted by Crippen LogP contribution is -2.50. The van der Waals surface area contributed by atoms with Gasteiger partial charge >= 0.3 is 0 Å². The maximum Gasteiger partial charge on any atom is 0.220 e. The summed E-state index contributed by atoms with van der Waals surface area (Å²) in [6.45, 7) is 4.22. The van der Waals surface area contributed by atoms with Crippen LogP contribution in [0.4, 0.5) is 0 Å². The van der Waals surface area contributed by atoms with Gasteiger partial charge in [-0.3, -0.25) is 4.79 Å². The number of aliphatic hydroxyl groups is 3. The molecule has 0 fully saturated rings. The fourth-order valence-corrected chi connectivity index (χ4v) is 10.1. The molecule has 0 saturated heterocycles. The van der Waals surface area contributed by atoms with E-state index < -0.39 is 18.2 Å². The zero-order valence-corrected chi connectivity index (χ0v) is 45.8. The van der Waals surface area contributed by atoms with Crippen molar-refractivity contribution in [3.8, 4) is 0 Å². The van der Waals surface area contributed by atoms with Crippen molar-refractivity contribution in [1.29, 1.82) is 0 Å². The minimum Gasteiger partial charge on any atom is -0.394 e. The van der Waals surface area contributed by atoms with Gasteiger partial charge in [0.05, 0.1) is 18.8 Å². The van der Waals surface area contributed by atoms with Crippen molar-refractivity contribution in [1.82, 2.24) is 5.32 Å². The molecular weight excluding hydrogens is 823 g/mol. The van der Waals surface area contributed by atoms with Crippen LogP contribution < -0.4 is 5.32 Å². The van der Waals surface area contributed by atoms with E-state index in [2.05, 4.69) is 31.3 Å². The van der Waals surface area contributed by atoms with Crippen LogP contribution in [-0.2, 0) is 4.79 Å². The number of allylic oxidation sites excluding steroid dienone is 2. The molecule has 4 N–H and O–H groups in total. The van der Waals surface area contributed by atoms with Crippen molar-refractivity contribution < 1.29 is 20.1 Å². The van der Waals surface area contributed by atoms with Gasteiger partial charge in [0.1, 0.15) is 6.10 Å². The van der Waals surface area contributed by atoms with E-state index in [1.165, 1.54) is 289 Å². The minimum absolute atomic E-state index is 0.145. The minimum atomic E-state index is -1.16. The van der Waals surface area contributed by atoms with E-state index in [1.54, 1.807) is 0 Å². The molecule has 0 saturated carbocycles. The van der Waals surface area contributed by atoms with E-state index >= 15 is 0 Å². The molecule has 0 aliphatic rings. The summed E-state index contributed by atoms with van der Waals surface area (Å²) in [5.74, 6) is -0.145. The van der Waals surface area contributed by atoms with Crippen LogP contribution in [0.5, 0.6) is 0 Å². The fraction of sp³-hybridized carbons (Fsp3) is 0.952. The molecule has 3 atom stereocenters. The number of carbonyl (C=O) groups excluding carboxylic acids is 1. The lowest BCUT2D eigenvalue weighted by molar-refractivity contribution is -0.124. The van der Waals surface area contributed by atoms with Crippen LogP contribution in [0, 0.1) is 0 Å². The van der Waals surface area contributed by atoms with E-state index in [-0.39, 0.29) is 12.5 Å². The Bertz CT molecular complexity index is 956. The zero-order valence-electron chi connectivity index (χ0n) is 45.8. The molecule has 0 bridgehead atoms. The summed E-state index contributed by atoms with van der Waals surface area (Å²) in [6, 6.07) is -0.823. The second kappa shape index (κ2) is 57.7. The maximum atomic E-state index is 12.5. The van der Waals surface area contributed by atoms with Crippen LogP contribution in [0.3, 0.4) is 0 Å². The normalized spacial score (nSPS) is 13.2. The van der Waals surface area contributed by atoms with Crippen LogP contribution in [0.2, 0.25) is 0 Å². The van der Waals surface area contributed by atoms with Gasteiger partial charge in [-0.25, -0.2) is 0 Å². The Kier molecular flexibility index (Phi) is 56.9. The number of hydrogen-bond donors (Lipinski definition) is 4. The highest BCUT2D eigenvalue weighted by Gasteiger charge is 2.26. The third-order valence-electron chi connectivity index (χ3n) is 14.9. The number of aliphatic hydroxyl groups excluding tert-OH is 3. The zero-order chi connectivity index (χ0) is 48.6. The third kappa shape index (κ3) is 52.7. The third-order valence-corrected chi connectivity index (χ3v) is 14.9. The molecule has 0 rings (SSSR count). The van der Waals surface area contributed by atoms with Crippen LogP contribution >= 0.6 is 0 Å². The smallest absolute Gasteiger partial charge is 0.220 e. The van der Waals surface area contributed by atoms with Crippen molar-refractivity contribution in [3.63, 3.8) is 0 Å². The number of carbonyl (C=O) groups is 1. The SMILES string of the molecule is CCCCCCCCCCCCCCCCCCC/C=C/CCCC(O)C(O)C(CO)NC(=O)CCCCCCCCCCCCCCCCCCCCCCCCCCCCCCCCC. The largest absolute Gasteiger partial charge is 0.394 e. The molecule has 0 heterocycles. The summed E-state index contributed by atoms with van der Waals surface area (Å²) in [6.07, 6.45) is 72.6. The van der Waals surface area contributed by atoms with Crippen LogP contribution in [0.25, 0.3) is 0 Å². The van der Waals surface area contributed by atoms with Crippen LogP contribution in [0.1, 0.15) is 354 Å². The molecule has 67 heavy (non-hydrogen) atoms. The van der Waals surface area contributed by atoms with Gasteiger partial charge in [-0.1, -0.05) is 321 Å². The van der Waals surface area contributed by atoms with Crippen LogP contribution in [0.15, 0.2) is 12.2 Å². The Morgan fingerprint density at radius 1 is 0.358 bits per heavy atom. The topological polar surface area (TPSA) is 89.8 Å². The number of rotatable bonds is 58. The highest BCUT2D eigenvalue weighted by molar-refractivity contribution is 5.76. The highest BCUT2D eigenvalue weighted by atomic mass is 16.3. The van der Waals surface area contributed by atoms with Crippen LogP contribution in [-0.4, -0.2) is 46.1 Å². The van der Waals surface area contributed by atoms with E-state index in [0.717, 1.165) is 38.5 Å². The van der Waals surface area contributed by atoms with Crippen molar-refractivity contribution in [3.05, 3.63) is 12.2 Å². The first-order valence-electron chi connectivity index (χ1n) is 31.0. The van der Waals surface area contributed by atoms with Gasteiger partial charge in [0.25, 0.3) is 0 Å². The average molecular weight is 947 g/mol. The molecule has 0 aliphatic carbocycles. The summed E-state index contributed by atoms with van der Waals surface area (Å²) in [5, 5.41) is 33.8. The van der Waals surface area contributed by atoms with Crippen molar-refractivity contribution >= 4 is 5.91 Å². The molecule has 0 aromatic rings. The van der Waals surface area contributed by atoms with Crippen molar-refractivity contribution in [2.75, 3.05) is 6.61 Å². The van der Waals surface area contributed by atoms with Gasteiger partial charge in [0.15, 0.2) is 0 Å². The van der Waals surface area contributed by atoms with Gasteiger partial charge in [0.2, 0.25) is 5.91 Å². The average Bonchev–Trinajstić information content (AvgIpc) is 3.33. The summed E-state index contributed by atoms with van der Waals surface area (Å²) < 4.78 is 0. The summed E-state index contributed by atoms with van der Waals surface area (Å²) in [4.78, 5) is 12.5. The van der Waals surface area contributed by atoms with Crippen molar-refractivity contribution in [2.24, 2.45) is 0 Å². The van der Waals surface area contributed by atoms with E-state index in [9.17, 15) is 20.1 Å². The highest BCUT2D eigenvalue weighted by Crippen LogP contribution is 2.19. The summed E-state index contributed by atoms with van der Waals surface area (Å²) >= 11 is 0. The number of hydrogen-bond acceptors (Lipinski definition) is 4. The molecule has 5 heteroatoms. The quantitative estimate of drug-likeness (QED) is 0.0361. The summed E-state index contributed by atoms with van der Waals surface area (Å²) in [7, 11) is 0. The monoisotopic (exact) mass is 946 g/mol. The Morgan fingerprint density at radius 2 is 0.597 bits per heavy atom.